The summed E-state index contributed by atoms with van der Waals surface area (Å²) in [4.78, 5) is 8.54. The van der Waals surface area contributed by atoms with Crippen LogP contribution in [-0.2, 0) is 0 Å². The van der Waals surface area contributed by atoms with Gasteiger partial charge in [-0.1, -0.05) is 23.7 Å². The third-order valence-electron chi connectivity index (χ3n) is 2.09. The zero-order chi connectivity index (χ0) is 11.5. The van der Waals surface area contributed by atoms with Crippen molar-refractivity contribution in [3.05, 3.63) is 29.4 Å². The second-order valence-electron chi connectivity index (χ2n) is 3.58. The normalized spacial score (nSPS) is 12.7. The van der Waals surface area contributed by atoms with Crippen molar-refractivity contribution in [3.8, 4) is 0 Å². The van der Waals surface area contributed by atoms with Gasteiger partial charge in [-0.3, -0.25) is 0 Å². The predicted octanol–water partition coefficient (Wildman–Crippen LogP) is 2.08. The van der Waals surface area contributed by atoms with Crippen molar-refractivity contribution in [1.29, 1.82) is 0 Å². The van der Waals surface area contributed by atoms with Gasteiger partial charge in [0, 0.05) is 6.54 Å². The molecule has 1 aromatic heterocycles. The second kappa shape index (κ2) is 4.63. The van der Waals surface area contributed by atoms with Gasteiger partial charge in [0.15, 0.2) is 11.0 Å². The molecule has 0 saturated heterocycles. The van der Waals surface area contributed by atoms with E-state index in [-0.39, 0.29) is 0 Å². The van der Waals surface area contributed by atoms with Crippen LogP contribution in [0.2, 0.25) is 5.15 Å². The van der Waals surface area contributed by atoms with E-state index in [2.05, 4.69) is 15.3 Å². The highest BCUT2D eigenvalue weighted by atomic mass is 35.5. The Kier molecular flexibility index (Phi) is 3.22. The summed E-state index contributed by atoms with van der Waals surface area (Å²) in [5.41, 5.74) is 1.54. The zero-order valence-corrected chi connectivity index (χ0v) is 9.57. The maximum atomic E-state index is 9.16. The van der Waals surface area contributed by atoms with Gasteiger partial charge in [0.05, 0.1) is 17.1 Å². The number of halogens is 1. The summed E-state index contributed by atoms with van der Waals surface area (Å²) in [5.74, 6) is 0.501. The highest BCUT2D eigenvalue weighted by molar-refractivity contribution is 6.32. The Bertz CT molecular complexity index is 502. The van der Waals surface area contributed by atoms with Crippen molar-refractivity contribution < 1.29 is 5.11 Å². The average Bonchev–Trinajstić information content (AvgIpc) is 2.26. The molecular weight excluding hydrogens is 226 g/mol. The first-order valence-electron chi connectivity index (χ1n) is 5.01. The van der Waals surface area contributed by atoms with Gasteiger partial charge in [-0.05, 0) is 19.1 Å². The monoisotopic (exact) mass is 237 g/mol. The van der Waals surface area contributed by atoms with Crippen LogP contribution in [0, 0.1) is 0 Å². The SMILES string of the molecule is CC(O)CNc1nc2ccccc2nc1Cl. The van der Waals surface area contributed by atoms with Crippen molar-refractivity contribution in [2.24, 2.45) is 0 Å². The fourth-order valence-electron chi connectivity index (χ4n) is 1.34. The molecule has 0 aliphatic rings. The molecule has 2 N–H and O–H groups in total. The number of aromatic nitrogens is 2. The summed E-state index contributed by atoms with van der Waals surface area (Å²) in [6.45, 7) is 2.09. The lowest BCUT2D eigenvalue weighted by molar-refractivity contribution is 0.208. The number of hydrogen-bond acceptors (Lipinski definition) is 4. The summed E-state index contributed by atoms with van der Waals surface area (Å²) in [5, 5.41) is 12.4. The van der Waals surface area contributed by atoms with Gasteiger partial charge in [0.1, 0.15) is 0 Å². The van der Waals surface area contributed by atoms with Crippen LogP contribution in [-0.4, -0.2) is 27.7 Å². The van der Waals surface area contributed by atoms with Gasteiger partial charge in [0.2, 0.25) is 0 Å². The second-order valence-corrected chi connectivity index (χ2v) is 3.94. The minimum Gasteiger partial charge on any atom is -0.392 e. The number of aliphatic hydroxyl groups excluding tert-OH is 1. The van der Waals surface area contributed by atoms with Gasteiger partial charge in [-0.2, -0.15) is 0 Å². The molecular formula is C11H12ClN3O. The van der Waals surface area contributed by atoms with Gasteiger partial charge in [-0.25, -0.2) is 9.97 Å². The minimum absolute atomic E-state index is 0.319. The topological polar surface area (TPSA) is 58.0 Å². The standard InChI is InChI=1S/C11H12ClN3O/c1-7(16)6-13-11-10(12)14-8-4-2-3-5-9(8)15-11/h2-5,7,16H,6H2,1H3,(H,13,15). The summed E-state index contributed by atoms with van der Waals surface area (Å²) < 4.78 is 0. The van der Waals surface area contributed by atoms with E-state index in [1.165, 1.54) is 0 Å². The van der Waals surface area contributed by atoms with E-state index >= 15 is 0 Å². The molecule has 0 amide bonds. The molecule has 0 aliphatic heterocycles. The molecule has 0 radical (unpaired) electrons. The molecule has 1 unspecified atom stereocenters. The first kappa shape index (κ1) is 11.1. The molecule has 2 aromatic rings. The largest absolute Gasteiger partial charge is 0.392 e. The lowest BCUT2D eigenvalue weighted by Gasteiger charge is -2.09. The molecule has 5 heteroatoms. The van der Waals surface area contributed by atoms with Crippen LogP contribution in [0.1, 0.15) is 6.92 Å². The van der Waals surface area contributed by atoms with Gasteiger partial charge < -0.3 is 10.4 Å². The van der Waals surface area contributed by atoms with Crippen molar-refractivity contribution in [3.63, 3.8) is 0 Å². The molecule has 2 rings (SSSR count). The van der Waals surface area contributed by atoms with E-state index in [4.69, 9.17) is 16.7 Å². The highest BCUT2D eigenvalue weighted by Gasteiger charge is 2.06. The Labute approximate surface area is 98.3 Å². The quantitative estimate of drug-likeness (QED) is 0.858. The number of aliphatic hydroxyl groups is 1. The van der Waals surface area contributed by atoms with Crippen LogP contribution in [0.5, 0.6) is 0 Å². The number of anilines is 1. The number of nitrogens with zero attached hydrogens (tertiary/aromatic N) is 2. The Hall–Kier alpha value is -1.39. The first-order chi connectivity index (χ1) is 7.66. The minimum atomic E-state index is -0.454. The summed E-state index contributed by atoms with van der Waals surface area (Å²) >= 11 is 5.97. The third-order valence-corrected chi connectivity index (χ3v) is 2.36. The van der Waals surface area contributed by atoms with E-state index in [0.29, 0.717) is 17.5 Å². The molecule has 4 nitrogen and oxygen atoms in total. The van der Waals surface area contributed by atoms with Gasteiger partial charge >= 0.3 is 0 Å². The Balaban J connectivity index is 2.34. The number of para-hydroxylation sites is 2. The number of fused-ring (bicyclic) bond motifs is 1. The number of rotatable bonds is 3. The maximum Gasteiger partial charge on any atom is 0.172 e. The molecule has 1 atom stereocenters. The fourth-order valence-corrected chi connectivity index (χ4v) is 1.54. The molecule has 1 aromatic carbocycles. The molecule has 0 saturated carbocycles. The lowest BCUT2D eigenvalue weighted by Crippen LogP contribution is -2.16. The summed E-state index contributed by atoms with van der Waals surface area (Å²) in [6, 6.07) is 7.50. The molecule has 16 heavy (non-hydrogen) atoms. The van der Waals surface area contributed by atoms with Crippen LogP contribution in [0.4, 0.5) is 5.82 Å². The molecule has 0 bridgehead atoms. The Morgan fingerprint density at radius 2 is 1.94 bits per heavy atom. The van der Waals surface area contributed by atoms with Gasteiger partial charge in [0.25, 0.3) is 0 Å². The van der Waals surface area contributed by atoms with Crippen LogP contribution >= 0.6 is 11.6 Å². The van der Waals surface area contributed by atoms with Gasteiger partial charge in [-0.15, -0.1) is 0 Å². The first-order valence-corrected chi connectivity index (χ1v) is 5.39. The van der Waals surface area contributed by atoms with E-state index in [9.17, 15) is 0 Å². The molecule has 1 heterocycles. The predicted molar refractivity (Wildman–Crippen MR) is 64.7 cm³/mol. The molecule has 84 valence electrons. The highest BCUT2D eigenvalue weighted by Crippen LogP contribution is 2.20. The number of nitrogens with one attached hydrogen (secondary N) is 1. The summed E-state index contributed by atoms with van der Waals surface area (Å²) in [6.07, 6.45) is -0.454. The van der Waals surface area contributed by atoms with Crippen molar-refractivity contribution in [2.75, 3.05) is 11.9 Å². The van der Waals surface area contributed by atoms with Crippen molar-refractivity contribution >= 4 is 28.5 Å². The van der Waals surface area contributed by atoms with E-state index < -0.39 is 6.10 Å². The summed E-state index contributed by atoms with van der Waals surface area (Å²) in [7, 11) is 0. The maximum absolute atomic E-state index is 9.16. The fraction of sp³-hybridized carbons (Fsp3) is 0.273. The van der Waals surface area contributed by atoms with Crippen LogP contribution < -0.4 is 5.32 Å². The Morgan fingerprint density at radius 1 is 1.31 bits per heavy atom. The van der Waals surface area contributed by atoms with Crippen molar-refractivity contribution in [1.82, 2.24) is 9.97 Å². The van der Waals surface area contributed by atoms with E-state index in [0.717, 1.165) is 11.0 Å². The average molecular weight is 238 g/mol. The zero-order valence-electron chi connectivity index (χ0n) is 8.81. The van der Waals surface area contributed by atoms with E-state index in [1.54, 1.807) is 6.92 Å². The number of benzene rings is 1. The van der Waals surface area contributed by atoms with Crippen LogP contribution in [0.3, 0.4) is 0 Å². The van der Waals surface area contributed by atoms with Crippen LogP contribution in [0.25, 0.3) is 11.0 Å². The Morgan fingerprint density at radius 3 is 2.56 bits per heavy atom. The van der Waals surface area contributed by atoms with Crippen LogP contribution in [0.15, 0.2) is 24.3 Å². The smallest absolute Gasteiger partial charge is 0.172 e. The molecule has 0 spiro atoms. The molecule has 0 fully saturated rings. The third kappa shape index (κ3) is 2.40. The number of hydrogen-bond donors (Lipinski definition) is 2. The molecule has 0 aliphatic carbocycles. The lowest BCUT2D eigenvalue weighted by atomic mass is 10.3. The van der Waals surface area contributed by atoms with Crippen molar-refractivity contribution in [2.45, 2.75) is 13.0 Å². The van der Waals surface area contributed by atoms with E-state index in [1.807, 2.05) is 24.3 Å².